The predicted molar refractivity (Wildman–Crippen MR) is 110 cm³/mol. The van der Waals surface area contributed by atoms with Gasteiger partial charge in [0.25, 0.3) is 5.69 Å². The summed E-state index contributed by atoms with van der Waals surface area (Å²) in [6.45, 7) is 4.96. The van der Waals surface area contributed by atoms with Crippen LogP contribution in [0.5, 0.6) is 0 Å². The topological polar surface area (TPSA) is 101 Å². The number of rotatable bonds is 8. The monoisotopic (exact) mass is 412 g/mol. The van der Waals surface area contributed by atoms with Crippen molar-refractivity contribution >= 4 is 23.5 Å². The molecule has 3 rings (SSSR count). The van der Waals surface area contributed by atoms with Crippen molar-refractivity contribution in [3.63, 3.8) is 0 Å². The van der Waals surface area contributed by atoms with E-state index in [4.69, 9.17) is 9.47 Å². The molecule has 1 aromatic carbocycles. The molecule has 1 aromatic heterocycles. The van der Waals surface area contributed by atoms with Crippen LogP contribution in [0, 0.1) is 24.0 Å². The first kappa shape index (κ1) is 21.4. The average molecular weight is 412 g/mol. The van der Waals surface area contributed by atoms with E-state index in [2.05, 4.69) is 4.57 Å². The van der Waals surface area contributed by atoms with Crippen molar-refractivity contribution in [2.75, 3.05) is 13.2 Å². The van der Waals surface area contributed by atoms with Gasteiger partial charge in [0, 0.05) is 48.3 Å². The summed E-state index contributed by atoms with van der Waals surface area (Å²) in [6.07, 6.45) is 4.90. The molecule has 8 nitrogen and oxygen atoms in total. The zero-order valence-electron chi connectivity index (χ0n) is 17.0. The molecule has 2 heterocycles. The summed E-state index contributed by atoms with van der Waals surface area (Å²) < 4.78 is 12.8. The van der Waals surface area contributed by atoms with Gasteiger partial charge in [-0.2, -0.15) is 0 Å². The number of carbonyl (C=O) groups is 2. The molecule has 1 aliphatic heterocycles. The maximum Gasteiger partial charge on any atom is 0.331 e. The van der Waals surface area contributed by atoms with Gasteiger partial charge in [0.05, 0.1) is 11.0 Å². The van der Waals surface area contributed by atoms with Crippen LogP contribution in [0.15, 0.2) is 36.4 Å². The highest BCUT2D eigenvalue weighted by molar-refractivity contribution is 6.00. The summed E-state index contributed by atoms with van der Waals surface area (Å²) in [4.78, 5) is 34.6. The van der Waals surface area contributed by atoms with Crippen LogP contribution in [-0.4, -0.2) is 40.6 Å². The van der Waals surface area contributed by atoms with Gasteiger partial charge in [0.1, 0.15) is 0 Å². The highest BCUT2D eigenvalue weighted by atomic mass is 16.6. The van der Waals surface area contributed by atoms with Gasteiger partial charge in [-0.1, -0.05) is 0 Å². The molecule has 0 amide bonds. The second kappa shape index (κ2) is 9.49. The highest BCUT2D eigenvalue weighted by Gasteiger charge is 2.21. The second-order valence-corrected chi connectivity index (χ2v) is 7.24. The Morgan fingerprint density at radius 1 is 1.30 bits per heavy atom. The van der Waals surface area contributed by atoms with Crippen molar-refractivity contribution in [2.45, 2.75) is 39.3 Å². The second-order valence-electron chi connectivity index (χ2n) is 7.24. The van der Waals surface area contributed by atoms with E-state index in [1.807, 2.05) is 19.9 Å². The van der Waals surface area contributed by atoms with Crippen LogP contribution in [0.4, 0.5) is 5.69 Å². The van der Waals surface area contributed by atoms with E-state index in [0.29, 0.717) is 17.7 Å². The summed E-state index contributed by atoms with van der Waals surface area (Å²) in [5, 5.41) is 10.7. The third kappa shape index (κ3) is 5.21. The SMILES string of the molecule is Cc1cc(C(=O)COC(=O)/C=C/c2ccc([N+](=O)[O-])cc2)c(C)n1C[C@H]1CCCO1. The molecule has 30 heavy (non-hydrogen) atoms. The molecule has 158 valence electrons. The third-order valence-corrected chi connectivity index (χ3v) is 5.15. The van der Waals surface area contributed by atoms with Gasteiger partial charge < -0.3 is 14.0 Å². The van der Waals surface area contributed by atoms with Crippen LogP contribution >= 0.6 is 0 Å². The number of nitrogens with zero attached hydrogens (tertiary/aromatic N) is 2. The van der Waals surface area contributed by atoms with Gasteiger partial charge in [0.15, 0.2) is 6.61 Å². The van der Waals surface area contributed by atoms with Gasteiger partial charge in [0.2, 0.25) is 5.78 Å². The Hall–Kier alpha value is -3.26. The van der Waals surface area contributed by atoms with Crippen LogP contribution in [-0.2, 0) is 20.8 Å². The first-order valence-corrected chi connectivity index (χ1v) is 9.76. The molecule has 0 spiro atoms. The fourth-order valence-electron chi connectivity index (χ4n) is 3.49. The van der Waals surface area contributed by atoms with Gasteiger partial charge in [-0.25, -0.2) is 4.79 Å². The van der Waals surface area contributed by atoms with Gasteiger partial charge >= 0.3 is 5.97 Å². The number of nitro groups is 1. The number of esters is 1. The normalized spacial score (nSPS) is 16.1. The molecule has 0 bridgehead atoms. The summed E-state index contributed by atoms with van der Waals surface area (Å²) in [6, 6.07) is 7.56. The zero-order chi connectivity index (χ0) is 21.7. The first-order chi connectivity index (χ1) is 14.3. The van der Waals surface area contributed by atoms with E-state index in [1.165, 1.54) is 36.4 Å². The Balaban J connectivity index is 1.55. The third-order valence-electron chi connectivity index (χ3n) is 5.15. The number of ether oxygens (including phenoxy) is 2. The molecule has 1 fully saturated rings. The number of benzene rings is 1. The van der Waals surface area contributed by atoms with Crippen molar-refractivity contribution in [3.05, 3.63) is 69.0 Å². The molecule has 0 saturated carbocycles. The summed E-state index contributed by atoms with van der Waals surface area (Å²) >= 11 is 0. The van der Waals surface area contributed by atoms with Crippen LogP contribution in [0.1, 0.15) is 40.2 Å². The molecular weight excluding hydrogens is 388 g/mol. The number of non-ortho nitro benzene ring substituents is 1. The number of ketones is 1. The van der Waals surface area contributed by atoms with Crippen LogP contribution in [0.2, 0.25) is 0 Å². The fraction of sp³-hybridized carbons (Fsp3) is 0.364. The minimum atomic E-state index is -0.658. The number of hydrogen-bond donors (Lipinski definition) is 0. The van der Waals surface area contributed by atoms with Crippen molar-refractivity contribution in [3.8, 4) is 0 Å². The van der Waals surface area contributed by atoms with Gasteiger partial charge in [-0.15, -0.1) is 0 Å². The zero-order valence-corrected chi connectivity index (χ0v) is 17.0. The van der Waals surface area contributed by atoms with Crippen LogP contribution in [0.25, 0.3) is 6.08 Å². The molecule has 0 unspecified atom stereocenters. The summed E-state index contributed by atoms with van der Waals surface area (Å²) in [5.41, 5.74) is 2.93. The minimum absolute atomic E-state index is 0.0302. The van der Waals surface area contributed by atoms with E-state index in [-0.39, 0.29) is 24.2 Å². The minimum Gasteiger partial charge on any atom is -0.454 e. The maximum atomic E-state index is 12.5. The quantitative estimate of drug-likeness (QED) is 0.216. The Morgan fingerprint density at radius 3 is 2.67 bits per heavy atom. The molecular formula is C22H24N2O6. The molecule has 1 atom stereocenters. The van der Waals surface area contributed by atoms with Gasteiger partial charge in [-0.3, -0.25) is 14.9 Å². The fourth-order valence-corrected chi connectivity index (χ4v) is 3.49. The molecule has 0 aliphatic carbocycles. The average Bonchev–Trinajstić information content (AvgIpc) is 3.34. The number of Topliss-reactive ketones (excluding diaryl/α,β-unsaturated/α-hetero) is 1. The number of aromatic nitrogens is 1. The number of hydrogen-bond acceptors (Lipinski definition) is 6. The van der Waals surface area contributed by atoms with Crippen LogP contribution in [0.3, 0.4) is 0 Å². The number of nitro benzene ring substituents is 1. The number of carbonyl (C=O) groups excluding carboxylic acids is 2. The Bertz CT molecular complexity index is 968. The molecule has 0 N–H and O–H groups in total. The lowest BCUT2D eigenvalue weighted by molar-refractivity contribution is -0.384. The van der Waals surface area contributed by atoms with E-state index >= 15 is 0 Å². The standard InChI is InChI=1S/C22H24N2O6/c1-15-12-20(16(2)23(15)13-19-4-3-11-29-19)21(25)14-30-22(26)10-7-17-5-8-18(9-6-17)24(27)28/h5-10,12,19H,3-4,11,13-14H2,1-2H3/b10-7+/t19-/m1/s1. The van der Waals surface area contributed by atoms with E-state index in [1.54, 1.807) is 0 Å². The lowest BCUT2D eigenvalue weighted by Crippen LogP contribution is -2.18. The van der Waals surface area contributed by atoms with Crippen molar-refractivity contribution < 1.29 is 24.0 Å². The van der Waals surface area contributed by atoms with Crippen molar-refractivity contribution in [2.24, 2.45) is 0 Å². The molecule has 8 heteroatoms. The van der Waals surface area contributed by atoms with E-state index in [0.717, 1.165) is 30.8 Å². The molecule has 2 aromatic rings. The molecule has 1 saturated heterocycles. The largest absolute Gasteiger partial charge is 0.454 e. The highest BCUT2D eigenvalue weighted by Crippen LogP contribution is 2.21. The lowest BCUT2D eigenvalue weighted by atomic mass is 10.1. The van der Waals surface area contributed by atoms with Crippen LogP contribution < -0.4 is 0 Å². The van der Waals surface area contributed by atoms with E-state index < -0.39 is 10.9 Å². The molecule has 0 radical (unpaired) electrons. The summed E-state index contributed by atoms with van der Waals surface area (Å²) in [7, 11) is 0. The molecule has 1 aliphatic rings. The summed E-state index contributed by atoms with van der Waals surface area (Å²) in [5.74, 6) is -0.923. The number of aryl methyl sites for hydroxylation is 1. The predicted octanol–water partition coefficient (Wildman–Crippen LogP) is 3.63. The Morgan fingerprint density at radius 2 is 2.03 bits per heavy atom. The maximum absolute atomic E-state index is 12.5. The Kier molecular flexibility index (Phi) is 6.79. The van der Waals surface area contributed by atoms with Crippen molar-refractivity contribution in [1.82, 2.24) is 4.57 Å². The van der Waals surface area contributed by atoms with Gasteiger partial charge in [-0.05, 0) is 56.5 Å². The lowest BCUT2D eigenvalue weighted by Gasteiger charge is -2.14. The smallest absolute Gasteiger partial charge is 0.331 e. The Labute approximate surface area is 174 Å². The van der Waals surface area contributed by atoms with Crippen molar-refractivity contribution in [1.29, 1.82) is 0 Å². The van der Waals surface area contributed by atoms with E-state index in [9.17, 15) is 19.7 Å². The first-order valence-electron chi connectivity index (χ1n) is 9.76.